The summed E-state index contributed by atoms with van der Waals surface area (Å²) in [5, 5.41) is 33.7. The molecule has 1 aromatic heterocycles. The first kappa shape index (κ1) is 17.1. The maximum Gasteiger partial charge on any atom is 0.337 e. The van der Waals surface area contributed by atoms with E-state index in [1.807, 2.05) is 20.8 Å². The van der Waals surface area contributed by atoms with Crippen molar-refractivity contribution in [1.29, 1.82) is 5.26 Å². The summed E-state index contributed by atoms with van der Waals surface area (Å²) in [4.78, 5) is 11.5. The predicted molar refractivity (Wildman–Crippen MR) is 85.6 cm³/mol. The summed E-state index contributed by atoms with van der Waals surface area (Å²) in [6.07, 6.45) is 0. The number of H-pyrrole nitrogens is 1. The molecular formula is C16H17N5O3. The van der Waals surface area contributed by atoms with E-state index in [9.17, 15) is 15.2 Å². The number of methoxy groups -OCH3 is 1. The molecule has 8 heteroatoms. The van der Waals surface area contributed by atoms with E-state index in [-0.39, 0.29) is 33.8 Å². The number of nitrogens with zero attached hydrogens (tertiary/aromatic N) is 4. The minimum Gasteiger partial charge on any atom is -0.506 e. The lowest BCUT2D eigenvalue weighted by Gasteiger charge is -2.15. The van der Waals surface area contributed by atoms with Gasteiger partial charge in [0, 0.05) is 5.41 Å². The zero-order valence-corrected chi connectivity index (χ0v) is 13.8. The fraction of sp³-hybridized carbons (Fsp3) is 0.312. The average molecular weight is 327 g/mol. The van der Waals surface area contributed by atoms with Crippen molar-refractivity contribution in [2.24, 2.45) is 10.2 Å². The minimum absolute atomic E-state index is 0.0714. The van der Waals surface area contributed by atoms with Crippen LogP contribution in [0.15, 0.2) is 28.4 Å². The van der Waals surface area contributed by atoms with Crippen molar-refractivity contribution in [3.05, 3.63) is 35.0 Å². The number of hydrogen-bond donors (Lipinski definition) is 2. The molecule has 0 aliphatic rings. The maximum absolute atomic E-state index is 11.5. The topological polar surface area (TPSA) is 124 Å². The van der Waals surface area contributed by atoms with E-state index in [0.717, 1.165) is 0 Å². The Hall–Kier alpha value is -3.21. The third-order valence-corrected chi connectivity index (χ3v) is 3.26. The maximum atomic E-state index is 11.5. The third-order valence-electron chi connectivity index (χ3n) is 3.26. The number of aromatic nitrogens is 2. The molecule has 0 saturated carbocycles. The highest BCUT2D eigenvalue weighted by Crippen LogP contribution is 2.32. The van der Waals surface area contributed by atoms with Crippen molar-refractivity contribution in [3.63, 3.8) is 0 Å². The van der Waals surface area contributed by atoms with Crippen molar-refractivity contribution >= 4 is 17.5 Å². The van der Waals surface area contributed by atoms with E-state index in [1.165, 1.54) is 25.3 Å². The highest BCUT2D eigenvalue weighted by molar-refractivity contribution is 5.90. The van der Waals surface area contributed by atoms with Crippen molar-refractivity contribution in [1.82, 2.24) is 10.2 Å². The summed E-state index contributed by atoms with van der Waals surface area (Å²) >= 11 is 0. The second-order valence-electron chi connectivity index (χ2n) is 6.05. The van der Waals surface area contributed by atoms with Gasteiger partial charge in [-0.15, -0.1) is 10.2 Å². The first-order chi connectivity index (χ1) is 11.3. The lowest BCUT2D eigenvalue weighted by atomic mass is 9.90. The molecule has 1 heterocycles. The predicted octanol–water partition coefficient (Wildman–Crippen LogP) is 3.49. The zero-order valence-electron chi connectivity index (χ0n) is 13.8. The summed E-state index contributed by atoms with van der Waals surface area (Å²) in [6.45, 7) is 5.82. The zero-order chi connectivity index (χ0) is 17.9. The Morgan fingerprint density at radius 3 is 2.67 bits per heavy atom. The standard InChI is InChI=1S/C16H17N5O3/c1-16(2,3)13-10(8-17)14(21-19-13)20-18-11-7-9(15(23)24-4)5-6-12(11)22/h5-7,22H,1-4H3,(H,19,21). The molecule has 0 amide bonds. The number of nitrogens with one attached hydrogen (secondary N) is 1. The molecule has 0 aliphatic carbocycles. The Bertz CT molecular complexity index is 840. The first-order valence-electron chi connectivity index (χ1n) is 7.10. The van der Waals surface area contributed by atoms with Crippen molar-refractivity contribution < 1.29 is 14.6 Å². The molecule has 0 fully saturated rings. The summed E-state index contributed by atoms with van der Waals surface area (Å²) in [5.74, 6) is -0.597. The van der Waals surface area contributed by atoms with E-state index in [1.54, 1.807) is 0 Å². The number of ether oxygens (including phenoxy) is 1. The molecule has 24 heavy (non-hydrogen) atoms. The number of aromatic hydroxyl groups is 1. The number of rotatable bonds is 3. The minimum atomic E-state index is -0.557. The molecule has 0 saturated heterocycles. The first-order valence-corrected chi connectivity index (χ1v) is 7.10. The SMILES string of the molecule is COC(=O)c1ccc(O)c(N=Nc2n[nH]c(C(C)(C)C)c2C#N)c1. The molecule has 0 spiro atoms. The molecule has 2 aromatic rings. The fourth-order valence-corrected chi connectivity index (χ4v) is 2.00. The Labute approximate surface area is 138 Å². The summed E-state index contributed by atoms with van der Waals surface area (Å²) < 4.78 is 4.62. The van der Waals surface area contributed by atoms with Crippen LogP contribution in [0.2, 0.25) is 0 Å². The van der Waals surface area contributed by atoms with Crippen LogP contribution in [0.1, 0.15) is 42.4 Å². The van der Waals surface area contributed by atoms with Crippen LogP contribution in [0.3, 0.4) is 0 Å². The van der Waals surface area contributed by atoms with Crippen LogP contribution < -0.4 is 0 Å². The average Bonchev–Trinajstić information content (AvgIpc) is 2.96. The Morgan fingerprint density at radius 2 is 2.08 bits per heavy atom. The molecule has 0 aliphatic heterocycles. The molecule has 1 aromatic carbocycles. The normalized spacial score (nSPS) is 11.5. The Kier molecular flexibility index (Phi) is 4.64. The van der Waals surface area contributed by atoms with E-state index in [4.69, 9.17) is 0 Å². The highest BCUT2D eigenvalue weighted by atomic mass is 16.5. The smallest absolute Gasteiger partial charge is 0.337 e. The van der Waals surface area contributed by atoms with Crippen LogP contribution in [0.25, 0.3) is 0 Å². The van der Waals surface area contributed by atoms with E-state index >= 15 is 0 Å². The number of azo groups is 1. The van der Waals surface area contributed by atoms with Crippen molar-refractivity contribution in [3.8, 4) is 11.8 Å². The second kappa shape index (κ2) is 6.50. The molecule has 2 rings (SSSR count). The van der Waals surface area contributed by atoms with Gasteiger partial charge in [0.05, 0.1) is 18.4 Å². The number of phenols is 1. The number of esters is 1. The monoisotopic (exact) mass is 327 g/mol. The third kappa shape index (κ3) is 3.41. The number of carbonyl (C=O) groups is 1. The number of phenolic OH excluding ortho intramolecular Hbond substituents is 1. The van der Waals surface area contributed by atoms with Gasteiger partial charge in [0.2, 0.25) is 5.82 Å². The van der Waals surface area contributed by atoms with Crippen LogP contribution in [0, 0.1) is 11.3 Å². The lowest BCUT2D eigenvalue weighted by Crippen LogP contribution is -2.13. The number of hydrogen-bond acceptors (Lipinski definition) is 7. The van der Waals surface area contributed by atoms with Crippen molar-refractivity contribution in [2.45, 2.75) is 26.2 Å². The van der Waals surface area contributed by atoms with Gasteiger partial charge in [0.1, 0.15) is 23.1 Å². The molecule has 0 atom stereocenters. The van der Waals surface area contributed by atoms with Gasteiger partial charge in [-0.05, 0) is 18.2 Å². The van der Waals surface area contributed by atoms with Gasteiger partial charge in [-0.3, -0.25) is 5.10 Å². The molecule has 0 radical (unpaired) electrons. The van der Waals surface area contributed by atoms with Gasteiger partial charge < -0.3 is 9.84 Å². The van der Waals surface area contributed by atoms with Gasteiger partial charge in [-0.1, -0.05) is 20.8 Å². The number of aromatic amines is 1. The Morgan fingerprint density at radius 1 is 1.38 bits per heavy atom. The molecule has 8 nitrogen and oxygen atoms in total. The molecule has 2 N–H and O–H groups in total. The van der Waals surface area contributed by atoms with E-state index in [0.29, 0.717) is 5.69 Å². The lowest BCUT2D eigenvalue weighted by molar-refractivity contribution is 0.0601. The van der Waals surface area contributed by atoms with Crippen LogP contribution in [-0.2, 0) is 10.2 Å². The molecular weight excluding hydrogens is 310 g/mol. The second-order valence-corrected chi connectivity index (χ2v) is 6.05. The van der Waals surface area contributed by atoms with E-state index in [2.05, 4.69) is 31.2 Å². The van der Waals surface area contributed by atoms with Gasteiger partial charge >= 0.3 is 5.97 Å². The van der Waals surface area contributed by atoms with Gasteiger partial charge in [-0.2, -0.15) is 10.4 Å². The summed E-state index contributed by atoms with van der Waals surface area (Å²) in [6, 6.07) is 6.12. The number of nitriles is 1. The van der Waals surface area contributed by atoms with Gasteiger partial charge in [0.15, 0.2) is 0 Å². The van der Waals surface area contributed by atoms with Crippen LogP contribution in [-0.4, -0.2) is 28.4 Å². The molecule has 0 unspecified atom stereocenters. The summed E-state index contributed by atoms with van der Waals surface area (Å²) in [7, 11) is 1.26. The summed E-state index contributed by atoms with van der Waals surface area (Å²) in [5.41, 5.74) is 0.921. The number of benzene rings is 1. The largest absolute Gasteiger partial charge is 0.506 e. The van der Waals surface area contributed by atoms with Gasteiger partial charge in [0.25, 0.3) is 0 Å². The van der Waals surface area contributed by atoms with Gasteiger partial charge in [-0.25, -0.2) is 4.79 Å². The van der Waals surface area contributed by atoms with Crippen LogP contribution in [0.5, 0.6) is 5.75 Å². The van der Waals surface area contributed by atoms with Crippen LogP contribution >= 0.6 is 0 Å². The van der Waals surface area contributed by atoms with E-state index < -0.39 is 5.97 Å². The van der Waals surface area contributed by atoms with Crippen molar-refractivity contribution in [2.75, 3.05) is 7.11 Å². The quantitative estimate of drug-likeness (QED) is 0.659. The Balaban J connectivity index is 2.41. The van der Waals surface area contributed by atoms with Crippen LogP contribution in [0.4, 0.5) is 11.5 Å². The fourth-order valence-electron chi connectivity index (χ4n) is 2.00. The number of carbonyl (C=O) groups excluding carboxylic acids is 1. The molecule has 124 valence electrons. The molecule has 0 bridgehead atoms. The highest BCUT2D eigenvalue weighted by Gasteiger charge is 2.24.